The first kappa shape index (κ1) is 10.7. The fraction of sp³-hybridized carbons (Fsp3) is 0.333. The molecule has 16 heavy (non-hydrogen) atoms. The molecule has 1 heterocycles. The van der Waals surface area contributed by atoms with Gasteiger partial charge < -0.3 is 9.47 Å². The van der Waals surface area contributed by atoms with E-state index in [0.29, 0.717) is 0 Å². The van der Waals surface area contributed by atoms with Crippen LogP contribution >= 0.6 is 0 Å². The van der Waals surface area contributed by atoms with Gasteiger partial charge in [0, 0.05) is 12.0 Å². The Morgan fingerprint density at radius 2 is 2.25 bits per heavy atom. The second-order valence-electron chi connectivity index (χ2n) is 3.54. The number of carbonyl (C=O) groups excluding carboxylic acids is 2. The summed E-state index contributed by atoms with van der Waals surface area (Å²) in [6, 6.07) is 7.30. The van der Waals surface area contributed by atoms with Gasteiger partial charge in [0.05, 0.1) is 6.42 Å². The minimum Gasteiger partial charge on any atom is -0.421 e. The number of carbonyl (C=O) groups is 2. The molecule has 1 atom stereocenters. The second-order valence-corrected chi connectivity index (χ2v) is 3.54. The second kappa shape index (κ2) is 4.35. The molecule has 1 unspecified atom stereocenters. The van der Waals surface area contributed by atoms with Crippen molar-refractivity contribution in [2.75, 3.05) is 0 Å². The van der Waals surface area contributed by atoms with Gasteiger partial charge in [0.15, 0.2) is 0 Å². The number of hydrogen-bond acceptors (Lipinski definition) is 4. The lowest BCUT2D eigenvalue weighted by atomic mass is 10.0. The van der Waals surface area contributed by atoms with Crippen LogP contribution in [0.4, 0.5) is 0 Å². The first-order valence-corrected chi connectivity index (χ1v) is 5.17. The maximum Gasteiger partial charge on any atom is 0.313 e. The zero-order valence-corrected chi connectivity index (χ0v) is 8.93. The quantitative estimate of drug-likeness (QED) is 0.712. The molecule has 0 saturated heterocycles. The molecule has 0 spiro atoms. The van der Waals surface area contributed by atoms with E-state index in [1.54, 1.807) is 13.0 Å². The molecule has 0 amide bonds. The molecule has 0 N–H and O–H groups in total. The Kier molecular flexibility index (Phi) is 2.90. The highest BCUT2D eigenvalue weighted by atomic mass is 16.7. The standard InChI is InChI=1S/C12H12O4/c1-2-10(13)15-12-9-6-4-3-5-8(9)7-11(14)16-12/h3-6,12H,2,7H2,1H3. The molecule has 0 fully saturated rings. The minimum absolute atomic E-state index is 0.232. The predicted octanol–water partition coefficient (Wildman–Crippen LogP) is 1.74. The lowest BCUT2D eigenvalue weighted by Crippen LogP contribution is -2.25. The van der Waals surface area contributed by atoms with E-state index in [1.807, 2.05) is 18.2 Å². The Morgan fingerprint density at radius 1 is 1.50 bits per heavy atom. The lowest BCUT2D eigenvalue weighted by molar-refractivity contribution is -0.191. The van der Waals surface area contributed by atoms with Gasteiger partial charge in [-0.2, -0.15) is 0 Å². The molecule has 84 valence electrons. The van der Waals surface area contributed by atoms with Crippen molar-refractivity contribution in [3.63, 3.8) is 0 Å². The van der Waals surface area contributed by atoms with Crippen molar-refractivity contribution < 1.29 is 19.1 Å². The van der Waals surface area contributed by atoms with E-state index >= 15 is 0 Å². The topological polar surface area (TPSA) is 52.6 Å². The van der Waals surface area contributed by atoms with Crippen LogP contribution in [0.3, 0.4) is 0 Å². The molecule has 1 aliphatic rings. The number of hydrogen-bond donors (Lipinski definition) is 0. The smallest absolute Gasteiger partial charge is 0.313 e. The van der Waals surface area contributed by atoms with Crippen molar-refractivity contribution in [2.24, 2.45) is 0 Å². The van der Waals surface area contributed by atoms with Crippen LogP contribution < -0.4 is 0 Å². The zero-order valence-electron chi connectivity index (χ0n) is 8.93. The molecule has 0 radical (unpaired) electrons. The summed E-state index contributed by atoms with van der Waals surface area (Å²) in [4.78, 5) is 22.5. The molecule has 0 aromatic heterocycles. The van der Waals surface area contributed by atoms with Gasteiger partial charge in [0.25, 0.3) is 6.29 Å². The van der Waals surface area contributed by atoms with E-state index in [-0.39, 0.29) is 24.8 Å². The van der Waals surface area contributed by atoms with Gasteiger partial charge >= 0.3 is 11.9 Å². The first-order chi connectivity index (χ1) is 7.70. The average Bonchev–Trinajstić information content (AvgIpc) is 2.28. The summed E-state index contributed by atoms with van der Waals surface area (Å²) in [5.41, 5.74) is 1.61. The molecule has 4 nitrogen and oxygen atoms in total. The minimum atomic E-state index is -0.884. The summed E-state index contributed by atoms with van der Waals surface area (Å²) in [7, 11) is 0. The first-order valence-electron chi connectivity index (χ1n) is 5.17. The highest BCUT2D eigenvalue weighted by Gasteiger charge is 2.28. The Labute approximate surface area is 93.2 Å². The summed E-state index contributed by atoms with van der Waals surface area (Å²) in [6.07, 6.45) is -0.392. The van der Waals surface area contributed by atoms with E-state index in [1.165, 1.54) is 0 Å². The van der Waals surface area contributed by atoms with Gasteiger partial charge in [-0.15, -0.1) is 0 Å². The van der Waals surface area contributed by atoms with Crippen LogP contribution in [-0.4, -0.2) is 11.9 Å². The molecular weight excluding hydrogens is 208 g/mol. The summed E-state index contributed by atoms with van der Waals surface area (Å²) in [5.74, 6) is -0.748. The molecule has 1 aromatic carbocycles. The fourth-order valence-electron chi connectivity index (χ4n) is 1.60. The van der Waals surface area contributed by atoms with Crippen molar-refractivity contribution in [3.8, 4) is 0 Å². The van der Waals surface area contributed by atoms with Crippen molar-refractivity contribution in [1.29, 1.82) is 0 Å². The number of rotatable bonds is 2. The zero-order chi connectivity index (χ0) is 11.5. The molecule has 0 bridgehead atoms. The van der Waals surface area contributed by atoms with Crippen molar-refractivity contribution >= 4 is 11.9 Å². The Hall–Kier alpha value is -1.84. The van der Waals surface area contributed by atoms with E-state index in [0.717, 1.165) is 11.1 Å². The van der Waals surface area contributed by atoms with Gasteiger partial charge in [-0.25, -0.2) is 0 Å². The number of ether oxygens (including phenoxy) is 2. The SMILES string of the molecule is CCC(=O)OC1OC(=O)Cc2ccccc21. The van der Waals surface area contributed by atoms with E-state index in [4.69, 9.17) is 9.47 Å². The van der Waals surface area contributed by atoms with Crippen LogP contribution in [0, 0.1) is 0 Å². The van der Waals surface area contributed by atoms with Crippen molar-refractivity contribution in [3.05, 3.63) is 35.4 Å². The van der Waals surface area contributed by atoms with Crippen molar-refractivity contribution in [2.45, 2.75) is 26.1 Å². The maximum atomic E-state index is 11.3. The third-order valence-electron chi connectivity index (χ3n) is 2.41. The van der Waals surface area contributed by atoms with Crippen molar-refractivity contribution in [1.82, 2.24) is 0 Å². The van der Waals surface area contributed by atoms with Gasteiger partial charge in [-0.3, -0.25) is 9.59 Å². The highest BCUT2D eigenvalue weighted by Crippen LogP contribution is 2.28. The van der Waals surface area contributed by atoms with E-state index in [2.05, 4.69) is 0 Å². The number of fused-ring (bicyclic) bond motifs is 1. The summed E-state index contributed by atoms with van der Waals surface area (Å²) < 4.78 is 10.1. The van der Waals surface area contributed by atoms with E-state index in [9.17, 15) is 9.59 Å². The monoisotopic (exact) mass is 220 g/mol. The molecular formula is C12H12O4. The van der Waals surface area contributed by atoms with Gasteiger partial charge in [-0.1, -0.05) is 31.2 Å². The molecule has 4 heteroatoms. The molecule has 2 rings (SSSR count). The Morgan fingerprint density at radius 3 is 3.00 bits per heavy atom. The normalized spacial score (nSPS) is 18.6. The van der Waals surface area contributed by atoms with Crippen LogP contribution in [0.2, 0.25) is 0 Å². The van der Waals surface area contributed by atoms with Gasteiger partial charge in [0.2, 0.25) is 0 Å². The molecule has 0 saturated carbocycles. The summed E-state index contributed by atoms with van der Waals surface area (Å²) >= 11 is 0. The highest BCUT2D eigenvalue weighted by molar-refractivity contribution is 5.76. The molecule has 0 aliphatic carbocycles. The van der Waals surface area contributed by atoms with Crippen LogP contribution in [-0.2, 0) is 25.5 Å². The molecule has 1 aromatic rings. The molecule has 1 aliphatic heterocycles. The van der Waals surface area contributed by atoms with Crippen LogP contribution in [0.5, 0.6) is 0 Å². The number of cyclic esters (lactones) is 1. The van der Waals surface area contributed by atoms with Crippen LogP contribution in [0.25, 0.3) is 0 Å². The van der Waals surface area contributed by atoms with Crippen LogP contribution in [0.1, 0.15) is 30.8 Å². The van der Waals surface area contributed by atoms with Gasteiger partial charge in [-0.05, 0) is 5.56 Å². The summed E-state index contributed by atoms with van der Waals surface area (Å²) in [6.45, 7) is 1.69. The average molecular weight is 220 g/mol. The van der Waals surface area contributed by atoms with Crippen LogP contribution in [0.15, 0.2) is 24.3 Å². The number of benzene rings is 1. The Bertz CT molecular complexity index is 425. The lowest BCUT2D eigenvalue weighted by Gasteiger charge is -2.24. The maximum absolute atomic E-state index is 11.3. The third-order valence-corrected chi connectivity index (χ3v) is 2.41. The number of esters is 2. The Balaban J connectivity index is 2.26. The van der Waals surface area contributed by atoms with Gasteiger partial charge in [0.1, 0.15) is 0 Å². The third kappa shape index (κ3) is 2.05. The summed E-state index contributed by atoms with van der Waals surface area (Å²) in [5, 5.41) is 0. The van der Waals surface area contributed by atoms with E-state index < -0.39 is 6.29 Å². The predicted molar refractivity (Wildman–Crippen MR) is 55.4 cm³/mol. The largest absolute Gasteiger partial charge is 0.421 e. The fourth-order valence-corrected chi connectivity index (χ4v) is 1.60.